The molecule has 1 amide bonds. The van der Waals surface area contributed by atoms with Crippen molar-refractivity contribution in [3.8, 4) is 5.75 Å². The van der Waals surface area contributed by atoms with Crippen molar-refractivity contribution in [2.24, 2.45) is 0 Å². The molecule has 3 nitrogen and oxygen atoms in total. The quantitative estimate of drug-likeness (QED) is 0.859. The second-order valence-electron chi connectivity index (χ2n) is 4.44. The van der Waals surface area contributed by atoms with E-state index in [1.165, 1.54) is 0 Å². The topological polar surface area (TPSA) is 38.3 Å². The Bertz CT molecular complexity index is 614. The summed E-state index contributed by atoms with van der Waals surface area (Å²) in [5.41, 5.74) is 0.572. The zero-order valence-electron chi connectivity index (χ0n) is 11.5. The molecule has 2 rings (SSSR count). The second kappa shape index (κ2) is 7.34. The molecule has 0 bridgehead atoms. The third kappa shape index (κ3) is 4.38. The third-order valence-corrected chi connectivity index (χ3v) is 3.47. The van der Waals surface area contributed by atoms with Gasteiger partial charge in [-0.25, -0.2) is 0 Å². The van der Waals surface area contributed by atoms with Crippen molar-refractivity contribution < 1.29 is 9.53 Å². The third-order valence-electron chi connectivity index (χ3n) is 2.89. The maximum atomic E-state index is 12.2. The standard InChI is InChI=1S/C16H15Cl2NO2/c1-2-15(21-12-9-7-11(17)8-10-12)16(20)19-14-6-4-3-5-13(14)18/h3-10,15H,2H2,1H3,(H,19,20)/t15-/m0/s1. The number of ether oxygens (including phenoxy) is 1. The van der Waals surface area contributed by atoms with E-state index in [2.05, 4.69) is 5.32 Å². The summed E-state index contributed by atoms with van der Waals surface area (Å²) in [5.74, 6) is 0.362. The Morgan fingerprint density at radius 1 is 1.14 bits per heavy atom. The maximum Gasteiger partial charge on any atom is 0.265 e. The fourth-order valence-electron chi connectivity index (χ4n) is 1.78. The van der Waals surface area contributed by atoms with Crippen LogP contribution in [0.25, 0.3) is 0 Å². The van der Waals surface area contributed by atoms with Gasteiger partial charge in [0.2, 0.25) is 0 Å². The molecule has 0 aliphatic carbocycles. The summed E-state index contributed by atoms with van der Waals surface area (Å²) in [6, 6.07) is 14.0. The second-order valence-corrected chi connectivity index (χ2v) is 5.28. The van der Waals surface area contributed by atoms with Gasteiger partial charge in [-0.05, 0) is 42.8 Å². The van der Waals surface area contributed by atoms with E-state index in [0.717, 1.165) is 0 Å². The number of carbonyl (C=O) groups is 1. The molecule has 0 spiro atoms. The van der Waals surface area contributed by atoms with Crippen molar-refractivity contribution >= 4 is 34.8 Å². The molecule has 0 saturated carbocycles. The Balaban J connectivity index is 2.05. The van der Waals surface area contributed by atoms with Crippen LogP contribution in [0.2, 0.25) is 10.0 Å². The van der Waals surface area contributed by atoms with Crippen LogP contribution in [0.1, 0.15) is 13.3 Å². The Hall–Kier alpha value is -1.71. The highest BCUT2D eigenvalue weighted by Crippen LogP contribution is 2.22. The minimum Gasteiger partial charge on any atom is -0.481 e. The zero-order chi connectivity index (χ0) is 15.2. The number of hydrogen-bond donors (Lipinski definition) is 1. The maximum absolute atomic E-state index is 12.2. The molecule has 0 aromatic heterocycles. The normalized spacial score (nSPS) is 11.8. The number of hydrogen-bond acceptors (Lipinski definition) is 2. The zero-order valence-corrected chi connectivity index (χ0v) is 13.0. The van der Waals surface area contributed by atoms with Gasteiger partial charge in [-0.3, -0.25) is 4.79 Å². The number of nitrogens with one attached hydrogen (secondary N) is 1. The van der Waals surface area contributed by atoms with Crippen LogP contribution < -0.4 is 10.1 Å². The molecule has 2 aromatic rings. The van der Waals surface area contributed by atoms with Crippen molar-refractivity contribution in [1.82, 2.24) is 0 Å². The van der Waals surface area contributed by atoms with Crippen molar-refractivity contribution in [3.05, 3.63) is 58.6 Å². The van der Waals surface area contributed by atoms with Gasteiger partial charge in [0, 0.05) is 5.02 Å². The number of anilines is 1. The van der Waals surface area contributed by atoms with E-state index >= 15 is 0 Å². The van der Waals surface area contributed by atoms with E-state index in [1.54, 1.807) is 42.5 Å². The molecular formula is C16H15Cl2NO2. The van der Waals surface area contributed by atoms with Gasteiger partial charge in [0.05, 0.1) is 10.7 Å². The van der Waals surface area contributed by atoms with E-state index in [-0.39, 0.29) is 5.91 Å². The number of para-hydroxylation sites is 1. The SMILES string of the molecule is CC[C@H](Oc1ccc(Cl)cc1)C(=O)Nc1ccccc1Cl. The van der Waals surface area contributed by atoms with Crippen LogP contribution in [0.15, 0.2) is 48.5 Å². The predicted octanol–water partition coefficient (Wildman–Crippen LogP) is 4.79. The molecule has 110 valence electrons. The van der Waals surface area contributed by atoms with Crippen LogP contribution in [0.3, 0.4) is 0 Å². The Labute approximate surface area is 133 Å². The molecule has 21 heavy (non-hydrogen) atoms. The molecule has 1 N–H and O–H groups in total. The smallest absolute Gasteiger partial charge is 0.265 e. The van der Waals surface area contributed by atoms with Crippen LogP contribution in [0.5, 0.6) is 5.75 Å². The molecule has 1 atom stereocenters. The monoisotopic (exact) mass is 323 g/mol. The summed E-state index contributed by atoms with van der Waals surface area (Å²) in [6.45, 7) is 1.88. The summed E-state index contributed by atoms with van der Waals surface area (Å²) in [5, 5.41) is 3.88. The molecule has 0 radical (unpaired) electrons. The average Bonchev–Trinajstić information content (AvgIpc) is 2.49. The van der Waals surface area contributed by atoms with Crippen LogP contribution in [0, 0.1) is 0 Å². The van der Waals surface area contributed by atoms with Gasteiger partial charge in [-0.15, -0.1) is 0 Å². The Morgan fingerprint density at radius 2 is 1.81 bits per heavy atom. The van der Waals surface area contributed by atoms with Crippen molar-refractivity contribution in [2.45, 2.75) is 19.4 Å². The predicted molar refractivity (Wildman–Crippen MR) is 86.2 cm³/mol. The van der Waals surface area contributed by atoms with E-state index in [4.69, 9.17) is 27.9 Å². The molecule has 0 unspecified atom stereocenters. The molecule has 0 fully saturated rings. The largest absolute Gasteiger partial charge is 0.481 e. The first-order chi connectivity index (χ1) is 10.1. The van der Waals surface area contributed by atoms with E-state index in [9.17, 15) is 4.79 Å². The molecule has 0 aliphatic rings. The fourth-order valence-corrected chi connectivity index (χ4v) is 2.08. The summed E-state index contributed by atoms with van der Waals surface area (Å²) >= 11 is 11.8. The molecule has 2 aromatic carbocycles. The van der Waals surface area contributed by atoms with E-state index < -0.39 is 6.10 Å². The minimum absolute atomic E-state index is 0.236. The van der Waals surface area contributed by atoms with Crippen LogP contribution in [0.4, 0.5) is 5.69 Å². The van der Waals surface area contributed by atoms with Gasteiger partial charge in [-0.1, -0.05) is 42.3 Å². The highest BCUT2D eigenvalue weighted by molar-refractivity contribution is 6.33. The Kier molecular flexibility index (Phi) is 5.48. The van der Waals surface area contributed by atoms with Gasteiger partial charge in [0.25, 0.3) is 5.91 Å². The van der Waals surface area contributed by atoms with Gasteiger partial charge >= 0.3 is 0 Å². The van der Waals surface area contributed by atoms with Crippen LogP contribution in [-0.4, -0.2) is 12.0 Å². The van der Waals surface area contributed by atoms with Gasteiger partial charge in [-0.2, -0.15) is 0 Å². The van der Waals surface area contributed by atoms with Gasteiger partial charge in [0.1, 0.15) is 5.75 Å². The highest BCUT2D eigenvalue weighted by Gasteiger charge is 2.19. The molecule has 5 heteroatoms. The summed E-state index contributed by atoms with van der Waals surface area (Å²) < 4.78 is 5.68. The van der Waals surface area contributed by atoms with Crippen molar-refractivity contribution in [2.75, 3.05) is 5.32 Å². The molecular weight excluding hydrogens is 309 g/mol. The number of rotatable bonds is 5. The lowest BCUT2D eigenvalue weighted by molar-refractivity contribution is -0.122. The minimum atomic E-state index is -0.595. The average molecular weight is 324 g/mol. The fraction of sp³-hybridized carbons (Fsp3) is 0.188. The summed E-state index contributed by atoms with van der Waals surface area (Å²) in [6.07, 6.45) is -0.0544. The van der Waals surface area contributed by atoms with Gasteiger partial charge < -0.3 is 10.1 Å². The number of carbonyl (C=O) groups excluding carboxylic acids is 1. The molecule has 0 saturated heterocycles. The highest BCUT2D eigenvalue weighted by atomic mass is 35.5. The summed E-state index contributed by atoms with van der Waals surface area (Å²) in [4.78, 5) is 12.2. The summed E-state index contributed by atoms with van der Waals surface area (Å²) in [7, 11) is 0. The van der Waals surface area contributed by atoms with Crippen molar-refractivity contribution in [3.63, 3.8) is 0 Å². The lowest BCUT2D eigenvalue weighted by Gasteiger charge is -2.17. The Morgan fingerprint density at radius 3 is 2.43 bits per heavy atom. The number of benzene rings is 2. The van der Waals surface area contributed by atoms with Crippen LogP contribution >= 0.6 is 23.2 Å². The first kappa shape index (κ1) is 15.7. The lowest BCUT2D eigenvalue weighted by atomic mass is 10.2. The van der Waals surface area contributed by atoms with Crippen LogP contribution in [-0.2, 0) is 4.79 Å². The number of amides is 1. The molecule has 0 aliphatic heterocycles. The molecule has 0 heterocycles. The number of halogens is 2. The van der Waals surface area contributed by atoms with Gasteiger partial charge in [0.15, 0.2) is 6.10 Å². The first-order valence-electron chi connectivity index (χ1n) is 6.57. The first-order valence-corrected chi connectivity index (χ1v) is 7.33. The van der Waals surface area contributed by atoms with E-state index in [1.807, 2.05) is 13.0 Å². The van der Waals surface area contributed by atoms with Crippen molar-refractivity contribution in [1.29, 1.82) is 0 Å². The van der Waals surface area contributed by atoms with E-state index in [0.29, 0.717) is 27.9 Å². The lowest BCUT2D eigenvalue weighted by Crippen LogP contribution is -2.32.